The van der Waals surface area contributed by atoms with Crippen molar-refractivity contribution >= 4 is 29.3 Å². The van der Waals surface area contributed by atoms with E-state index < -0.39 is 0 Å². The van der Waals surface area contributed by atoms with Gasteiger partial charge in [-0.1, -0.05) is 62.7 Å². The molecule has 2 aromatic carbocycles. The van der Waals surface area contributed by atoms with Crippen LogP contribution in [0.2, 0.25) is 0 Å². The number of allylic oxidation sites excluding steroid dienone is 1. The Kier molecular flexibility index (Phi) is 11.7. The molecule has 5 rings (SSSR count). The topological polar surface area (TPSA) is 119 Å². The second kappa shape index (κ2) is 16.3. The molecule has 1 saturated heterocycles. The number of nitrogen functional groups attached to an aromatic ring is 1. The van der Waals surface area contributed by atoms with Crippen LogP contribution in [0.1, 0.15) is 85.1 Å². The molecule has 8 nitrogen and oxygen atoms in total. The summed E-state index contributed by atoms with van der Waals surface area (Å²) >= 11 is 0. The van der Waals surface area contributed by atoms with Crippen LogP contribution in [0.5, 0.6) is 5.75 Å². The summed E-state index contributed by atoms with van der Waals surface area (Å²) in [6, 6.07) is 17.8. The van der Waals surface area contributed by atoms with E-state index in [1.807, 2.05) is 42.5 Å². The number of aliphatic imine (C=N–C) groups is 1. The third kappa shape index (κ3) is 9.13. The van der Waals surface area contributed by atoms with Gasteiger partial charge in [0.1, 0.15) is 11.6 Å². The van der Waals surface area contributed by atoms with Crippen molar-refractivity contribution in [2.45, 2.75) is 64.8 Å². The molecule has 0 saturated carbocycles. The van der Waals surface area contributed by atoms with E-state index in [-0.39, 0.29) is 29.5 Å². The fraction of sp³-hybridized carbons (Fsp3) is 0.421. The molecule has 1 amide bonds. The predicted molar refractivity (Wildman–Crippen MR) is 186 cm³/mol. The van der Waals surface area contributed by atoms with Gasteiger partial charge in [0.05, 0.1) is 18.7 Å². The fourth-order valence-corrected chi connectivity index (χ4v) is 6.20. The first-order valence-corrected chi connectivity index (χ1v) is 16.7. The van der Waals surface area contributed by atoms with Crippen molar-refractivity contribution < 1.29 is 14.3 Å². The zero-order valence-corrected chi connectivity index (χ0v) is 27.1. The van der Waals surface area contributed by atoms with Crippen LogP contribution >= 0.6 is 0 Å². The standard InChI is InChI=1S/C38H47N5O3/c1-3-4-33(43-38(45)35-22-32(24-42-37(35)39)31-17-20-41-23-31)21-26(2)5-14-36(44)30-8-6-28(7-9-30)29-10-12-34(13-11-29)46-25-27-15-18-40-19-16-27/h6-13,17,22-24,26-27,33,40H,3-5,14-16,18-21,25H2,1-2H3,(H2,39,42)(H,43,45). The number of aromatic nitrogens is 1. The maximum absolute atomic E-state index is 13.2. The van der Waals surface area contributed by atoms with Crippen LogP contribution in [0.25, 0.3) is 16.7 Å². The van der Waals surface area contributed by atoms with Gasteiger partial charge in [-0.05, 0) is 91.9 Å². The molecular weight excluding hydrogens is 574 g/mol. The van der Waals surface area contributed by atoms with Crippen molar-refractivity contribution in [3.63, 3.8) is 0 Å². The number of ether oxygens (including phenoxy) is 1. The van der Waals surface area contributed by atoms with Gasteiger partial charge in [0.15, 0.2) is 5.78 Å². The van der Waals surface area contributed by atoms with Crippen LogP contribution in [0.15, 0.2) is 71.9 Å². The van der Waals surface area contributed by atoms with E-state index in [4.69, 9.17) is 10.5 Å². The summed E-state index contributed by atoms with van der Waals surface area (Å²) in [5.74, 6) is 1.91. The Morgan fingerprint density at radius 2 is 1.74 bits per heavy atom. The van der Waals surface area contributed by atoms with Crippen LogP contribution < -0.4 is 21.1 Å². The van der Waals surface area contributed by atoms with Gasteiger partial charge < -0.3 is 21.1 Å². The number of nitrogens with one attached hydrogen (secondary N) is 2. The molecular formula is C38H47N5O3. The molecule has 2 atom stereocenters. The average Bonchev–Trinajstić information content (AvgIpc) is 3.63. The average molecular weight is 622 g/mol. The number of rotatable bonds is 15. The van der Waals surface area contributed by atoms with E-state index >= 15 is 0 Å². The quantitative estimate of drug-likeness (QED) is 0.161. The van der Waals surface area contributed by atoms with E-state index in [1.54, 1.807) is 18.5 Å². The number of piperidine rings is 1. The second-order valence-electron chi connectivity index (χ2n) is 12.7. The summed E-state index contributed by atoms with van der Waals surface area (Å²) < 4.78 is 6.03. The molecule has 1 fully saturated rings. The Labute approximate surface area is 272 Å². The number of carbonyl (C=O) groups excluding carboxylic acids is 2. The predicted octanol–water partition coefficient (Wildman–Crippen LogP) is 6.76. The number of carbonyl (C=O) groups is 2. The van der Waals surface area contributed by atoms with Crippen molar-refractivity contribution in [2.24, 2.45) is 16.8 Å². The van der Waals surface area contributed by atoms with Gasteiger partial charge in [0.2, 0.25) is 0 Å². The van der Waals surface area contributed by atoms with Gasteiger partial charge in [0.25, 0.3) is 5.91 Å². The number of hydrogen-bond acceptors (Lipinski definition) is 7. The molecule has 8 heteroatoms. The van der Waals surface area contributed by atoms with E-state index in [0.29, 0.717) is 24.4 Å². The summed E-state index contributed by atoms with van der Waals surface area (Å²) in [4.78, 5) is 34.8. The number of nitrogens with zero attached hydrogens (tertiary/aromatic N) is 2. The van der Waals surface area contributed by atoms with Gasteiger partial charge in [-0.3, -0.25) is 14.6 Å². The molecule has 0 bridgehead atoms. The Bertz CT molecular complexity index is 1520. The number of Topliss-reactive ketones (excluding diaryl/α,β-unsaturated/α-hetero) is 1. The molecule has 242 valence electrons. The molecule has 0 spiro atoms. The Balaban J connectivity index is 1.09. The van der Waals surface area contributed by atoms with Gasteiger partial charge in [-0.25, -0.2) is 4.98 Å². The summed E-state index contributed by atoms with van der Waals surface area (Å²) in [6.45, 7) is 7.80. The lowest BCUT2D eigenvalue weighted by Gasteiger charge is -2.22. The monoisotopic (exact) mass is 621 g/mol. The van der Waals surface area contributed by atoms with E-state index in [1.165, 1.54) is 12.8 Å². The van der Waals surface area contributed by atoms with E-state index in [9.17, 15) is 9.59 Å². The molecule has 2 aliphatic rings. The zero-order valence-electron chi connectivity index (χ0n) is 27.1. The zero-order chi connectivity index (χ0) is 32.3. The van der Waals surface area contributed by atoms with Gasteiger partial charge in [-0.2, -0.15) is 0 Å². The van der Waals surface area contributed by atoms with Crippen LogP contribution in [-0.2, 0) is 0 Å². The van der Waals surface area contributed by atoms with E-state index in [0.717, 1.165) is 79.0 Å². The first-order valence-electron chi connectivity index (χ1n) is 16.7. The number of amides is 1. The molecule has 4 N–H and O–H groups in total. The molecule has 3 heterocycles. The van der Waals surface area contributed by atoms with Crippen molar-refractivity contribution in [2.75, 3.05) is 32.0 Å². The van der Waals surface area contributed by atoms with Crippen molar-refractivity contribution in [1.82, 2.24) is 15.6 Å². The van der Waals surface area contributed by atoms with Crippen molar-refractivity contribution in [1.29, 1.82) is 0 Å². The molecule has 2 aliphatic heterocycles. The number of hydrogen-bond donors (Lipinski definition) is 3. The minimum atomic E-state index is -0.219. The smallest absolute Gasteiger partial charge is 0.255 e. The van der Waals surface area contributed by atoms with E-state index in [2.05, 4.69) is 46.6 Å². The lowest BCUT2D eigenvalue weighted by Crippen LogP contribution is -2.36. The van der Waals surface area contributed by atoms with Crippen LogP contribution in [-0.4, -0.2) is 55.2 Å². The molecule has 0 aliphatic carbocycles. The van der Waals surface area contributed by atoms with Gasteiger partial charge in [-0.15, -0.1) is 0 Å². The Hall–Kier alpha value is -4.30. The second-order valence-corrected chi connectivity index (χ2v) is 12.7. The molecule has 46 heavy (non-hydrogen) atoms. The Morgan fingerprint density at radius 1 is 1.02 bits per heavy atom. The minimum Gasteiger partial charge on any atom is -0.493 e. The number of ketones is 1. The molecule has 2 unspecified atom stereocenters. The highest BCUT2D eigenvalue weighted by Crippen LogP contribution is 2.25. The number of benzene rings is 2. The van der Waals surface area contributed by atoms with Crippen LogP contribution in [0.3, 0.4) is 0 Å². The maximum atomic E-state index is 13.2. The Morgan fingerprint density at radius 3 is 2.41 bits per heavy atom. The lowest BCUT2D eigenvalue weighted by molar-refractivity contribution is 0.0921. The van der Waals surface area contributed by atoms with Gasteiger partial charge >= 0.3 is 0 Å². The number of nitrogens with two attached hydrogens (primary N) is 1. The van der Waals surface area contributed by atoms with Crippen LogP contribution in [0, 0.1) is 11.8 Å². The fourth-order valence-electron chi connectivity index (χ4n) is 6.20. The highest BCUT2D eigenvalue weighted by molar-refractivity contribution is 6.12. The van der Waals surface area contributed by atoms with Crippen molar-refractivity contribution in [3.8, 4) is 16.9 Å². The third-order valence-electron chi connectivity index (χ3n) is 9.01. The lowest BCUT2D eigenvalue weighted by atomic mass is 9.92. The summed E-state index contributed by atoms with van der Waals surface area (Å²) in [5, 5.41) is 6.58. The maximum Gasteiger partial charge on any atom is 0.255 e. The van der Waals surface area contributed by atoms with Crippen LogP contribution in [0.4, 0.5) is 5.82 Å². The minimum absolute atomic E-state index is 0.0152. The molecule has 0 radical (unpaired) electrons. The molecule has 1 aromatic heterocycles. The first-order chi connectivity index (χ1) is 22.4. The largest absolute Gasteiger partial charge is 0.493 e. The third-order valence-corrected chi connectivity index (χ3v) is 9.01. The molecule has 3 aromatic rings. The highest BCUT2D eigenvalue weighted by Gasteiger charge is 2.20. The number of pyridine rings is 1. The van der Waals surface area contributed by atoms with Crippen molar-refractivity contribution in [3.05, 3.63) is 83.6 Å². The summed E-state index contributed by atoms with van der Waals surface area (Å²) in [7, 11) is 0. The number of anilines is 1. The summed E-state index contributed by atoms with van der Waals surface area (Å²) in [6.07, 6.45) is 11.6. The SMILES string of the molecule is CCCC(CC(C)CCC(=O)c1ccc(-c2ccc(OCC3CCNCC3)cc2)cc1)NC(=O)c1cc(C2=CCN=C2)cnc1N. The normalized spacial score (nSPS) is 16.1. The first kappa shape index (κ1) is 33.1. The summed E-state index contributed by atoms with van der Waals surface area (Å²) in [5.41, 5.74) is 11.1. The van der Waals surface area contributed by atoms with Gasteiger partial charge in [0, 0.05) is 36.0 Å². The highest BCUT2D eigenvalue weighted by atomic mass is 16.5.